The van der Waals surface area contributed by atoms with Crippen LogP contribution in [0.3, 0.4) is 0 Å². The van der Waals surface area contributed by atoms with Crippen molar-refractivity contribution >= 4 is 44.3 Å². The van der Waals surface area contributed by atoms with E-state index >= 15 is 0 Å². The van der Waals surface area contributed by atoms with E-state index in [1.54, 1.807) is 0 Å². The smallest absolute Gasteiger partial charge is 0.240 e. The zero-order chi connectivity index (χ0) is 18.7. The van der Waals surface area contributed by atoms with Crippen LogP contribution in [0.1, 0.15) is 19.2 Å². The van der Waals surface area contributed by atoms with E-state index in [1.165, 1.54) is 18.2 Å². The number of benzene rings is 2. The molecule has 1 heterocycles. The molecule has 0 aliphatic heterocycles. The Hall–Kier alpha value is -1.60. The first-order chi connectivity index (χ1) is 12.4. The van der Waals surface area contributed by atoms with Crippen molar-refractivity contribution in [3.8, 4) is 0 Å². The molecule has 0 bridgehead atoms. The summed E-state index contributed by atoms with van der Waals surface area (Å²) in [5.41, 5.74) is 1.99. The summed E-state index contributed by atoms with van der Waals surface area (Å²) in [5.74, 6) is 0.866. The van der Waals surface area contributed by atoms with Gasteiger partial charge in [-0.3, -0.25) is 0 Å². The highest BCUT2D eigenvalue weighted by atomic mass is 35.5. The van der Waals surface area contributed by atoms with Gasteiger partial charge in [-0.2, -0.15) is 0 Å². The van der Waals surface area contributed by atoms with E-state index in [1.807, 2.05) is 24.3 Å². The monoisotopic (exact) mass is 411 g/mol. The minimum Gasteiger partial charge on any atom is -0.328 e. The number of aromatic nitrogens is 2. The van der Waals surface area contributed by atoms with Gasteiger partial charge in [0, 0.05) is 19.5 Å². The molecule has 8 heteroatoms. The zero-order valence-electron chi connectivity index (χ0n) is 14.2. The van der Waals surface area contributed by atoms with Crippen LogP contribution in [-0.4, -0.2) is 24.5 Å². The number of nitrogens with one attached hydrogen (secondary N) is 1. The Morgan fingerprint density at radius 2 is 1.88 bits per heavy atom. The first kappa shape index (κ1) is 19.2. The summed E-state index contributed by atoms with van der Waals surface area (Å²) < 4.78 is 29.6. The van der Waals surface area contributed by atoms with Crippen LogP contribution in [0.25, 0.3) is 11.0 Å². The molecular weight excluding hydrogens is 393 g/mol. The Morgan fingerprint density at radius 3 is 2.62 bits per heavy atom. The summed E-state index contributed by atoms with van der Waals surface area (Å²) in [6.07, 6.45) is 1.47. The third-order valence-corrected chi connectivity index (χ3v) is 6.22. The van der Waals surface area contributed by atoms with E-state index in [0.717, 1.165) is 29.8 Å². The largest absolute Gasteiger partial charge is 0.328 e. The minimum absolute atomic E-state index is 0.0916. The minimum atomic E-state index is -3.66. The highest BCUT2D eigenvalue weighted by molar-refractivity contribution is 7.89. The van der Waals surface area contributed by atoms with Gasteiger partial charge in [0.25, 0.3) is 0 Å². The first-order valence-corrected chi connectivity index (χ1v) is 10.5. The van der Waals surface area contributed by atoms with E-state index in [4.69, 9.17) is 23.2 Å². The number of fused-ring (bicyclic) bond motifs is 1. The maximum Gasteiger partial charge on any atom is 0.240 e. The van der Waals surface area contributed by atoms with E-state index in [9.17, 15) is 8.42 Å². The topological polar surface area (TPSA) is 64.0 Å². The Kier molecular flexibility index (Phi) is 5.87. The fourth-order valence-corrected chi connectivity index (χ4v) is 4.23. The van der Waals surface area contributed by atoms with Crippen LogP contribution in [0, 0.1) is 0 Å². The number of imidazole rings is 1. The number of para-hydroxylation sites is 2. The highest BCUT2D eigenvalue weighted by Crippen LogP contribution is 2.24. The van der Waals surface area contributed by atoms with Crippen molar-refractivity contribution in [2.75, 3.05) is 6.54 Å². The van der Waals surface area contributed by atoms with Gasteiger partial charge >= 0.3 is 0 Å². The predicted molar refractivity (Wildman–Crippen MR) is 105 cm³/mol. The number of halogens is 2. The molecule has 0 saturated heterocycles. The molecule has 5 nitrogen and oxygen atoms in total. The van der Waals surface area contributed by atoms with E-state index in [0.29, 0.717) is 11.4 Å². The molecule has 3 rings (SSSR count). The van der Waals surface area contributed by atoms with E-state index in [2.05, 4.69) is 21.2 Å². The fraction of sp³-hybridized carbons (Fsp3) is 0.278. The van der Waals surface area contributed by atoms with Crippen LogP contribution in [-0.2, 0) is 23.0 Å². The van der Waals surface area contributed by atoms with Crippen molar-refractivity contribution in [3.63, 3.8) is 0 Å². The Morgan fingerprint density at radius 1 is 1.12 bits per heavy atom. The van der Waals surface area contributed by atoms with Crippen LogP contribution >= 0.6 is 23.2 Å². The molecule has 0 unspecified atom stereocenters. The lowest BCUT2D eigenvalue weighted by molar-refractivity contribution is 0.578. The number of sulfonamides is 1. The summed E-state index contributed by atoms with van der Waals surface area (Å²) in [4.78, 5) is 4.73. The lowest BCUT2D eigenvalue weighted by Gasteiger charge is -2.10. The standard InChI is InChI=1S/C18H19Cl2N3O2S/c1-2-11-23-17-6-4-3-5-16(17)22-18(23)9-10-21-26(24,25)13-7-8-14(19)15(20)12-13/h3-8,12,21H,2,9-11H2,1H3. The maximum absolute atomic E-state index is 12.4. The molecule has 2 aromatic carbocycles. The van der Waals surface area contributed by atoms with Gasteiger partial charge < -0.3 is 4.57 Å². The molecule has 0 saturated carbocycles. The predicted octanol–water partition coefficient (Wildman–Crippen LogP) is 4.27. The van der Waals surface area contributed by atoms with Gasteiger partial charge in [0.15, 0.2) is 0 Å². The van der Waals surface area contributed by atoms with Gasteiger partial charge in [0.2, 0.25) is 10.0 Å². The molecule has 0 spiro atoms. The number of hydrogen-bond acceptors (Lipinski definition) is 3. The van der Waals surface area contributed by atoms with Crippen LogP contribution in [0.5, 0.6) is 0 Å². The third kappa shape index (κ3) is 4.04. The van der Waals surface area contributed by atoms with E-state index in [-0.39, 0.29) is 16.5 Å². The van der Waals surface area contributed by atoms with Crippen molar-refractivity contribution < 1.29 is 8.42 Å². The summed E-state index contributed by atoms with van der Waals surface area (Å²) >= 11 is 11.8. The second-order valence-corrected chi connectivity index (χ2v) is 8.47. The molecule has 0 radical (unpaired) electrons. The summed E-state index contributed by atoms with van der Waals surface area (Å²) in [7, 11) is -3.66. The SMILES string of the molecule is CCCn1c(CCNS(=O)(=O)c2ccc(Cl)c(Cl)c2)nc2ccccc21. The lowest BCUT2D eigenvalue weighted by atomic mass is 10.3. The quantitative estimate of drug-likeness (QED) is 0.630. The molecule has 138 valence electrons. The lowest BCUT2D eigenvalue weighted by Crippen LogP contribution is -2.26. The molecule has 26 heavy (non-hydrogen) atoms. The average molecular weight is 412 g/mol. The van der Waals surface area contributed by atoms with Crippen LogP contribution < -0.4 is 4.72 Å². The molecule has 0 aliphatic carbocycles. The van der Waals surface area contributed by atoms with Crippen LogP contribution in [0.15, 0.2) is 47.4 Å². The Labute approximate surface area is 163 Å². The normalized spacial score (nSPS) is 12.0. The summed E-state index contributed by atoms with van der Waals surface area (Å²) in [5, 5.41) is 0.526. The van der Waals surface area contributed by atoms with Crippen LogP contribution in [0.2, 0.25) is 10.0 Å². The number of nitrogens with zero attached hydrogens (tertiary/aromatic N) is 2. The van der Waals surface area contributed by atoms with Gasteiger partial charge in [0.05, 0.1) is 26.0 Å². The van der Waals surface area contributed by atoms with Gasteiger partial charge in [-0.1, -0.05) is 42.3 Å². The van der Waals surface area contributed by atoms with Crippen molar-refractivity contribution in [1.82, 2.24) is 14.3 Å². The summed E-state index contributed by atoms with van der Waals surface area (Å²) in [6, 6.07) is 12.2. The molecule has 1 aromatic heterocycles. The molecule has 0 fully saturated rings. The molecule has 0 aliphatic rings. The highest BCUT2D eigenvalue weighted by Gasteiger charge is 2.16. The zero-order valence-corrected chi connectivity index (χ0v) is 16.6. The number of aryl methyl sites for hydroxylation is 1. The average Bonchev–Trinajstić information content (AvgIpc) is 2.95. The molecule has 3 aromatic rings. The molecule has 0 atom stereocenters. The van der Waals surface area contributed by atoms with Gasteiger partial charge in [-0.05, 0) is 36.8 Å². The second-order valence-electron chi connectivity index (χ2n) is 5.89. The van der Waals surface area contributed by atoms with Gasteiger partial charge in [-0.25, -0.2) is 18.1 Å². The summed E-state index contributed by atoms with van der Waals surface area (Å²) in [6.45, 7) is 3.19. The number of rotatable bonds is 7. The fourth-order valence-electron chi connectivity index (χ4n) is 2.81. The Bertz CT molecular complexity index is 1030. The van der Waals surface area contributed by atoms with Crippen molar-refractivity contribution in [1.29, 1.82) is 0 Å². The second kappa shape index (κ2) is 7.96. The van der Waals surface area contributed by atoms with Crippen molar-refractivity contribution in [2.24, 2.45) is 0 Å². The molecular formula is C18H19Cl2N3O2S. The molecule has 1 N–H and O–H groups in total. The maximum atomic E-state index is 12.4. The third-order valence-electron chi connectivity index (χ3n) is 4.02. The van der Waals surface area contributed by atoms with Crippen LogP contribution in [0.4, 0.5) is 0 Å². The number of hydrogen-bond donors (Lipinski definition) is 1. The molecule has 0 amide bonds. The Balaban J connectivity index is 1.76. The first-order valence-electron chi connectivity index (χ1n) is 8.31. The van der Waals surface area contributed by atoms with Gasteiger partial charge in [0.1, 0.15) is 5.82 Å². The van der Waals surface area contributed by atoms with E-state index < -0.39 is 10.0 Å². The van der Waals surface area contributed by atoms with Crippen molar-refractivity contribution in [2.45, 2.75) is 31.2 Å². The van der Waals surface area contributed by atoms with Crippen molar-refractivity contribution in [3.05, 3.63) is 58.3 Å². The van der Waals surface area contributed by atoms with Gasteiger partial charge in [-0.15, -0.1) is 0 Å².